The Bertz CT molecular complexity index is 840. The van der Waals surface area contributed by atoms with Crippen molar-refractivity contribution in [3.63, 3.8) is 0 Å². The number of hydrazone groups is 1. The summed E-state index contributed by atoms with van der Waals surface area (Å²) in [6, 6.07) is 7.37. The number of ether oxygens (including phenoxy) is 3. The first kappa shape index (κ1) is 20.3. The van der Waals surface area contributed by atoms with Gasteiger partial charge in [-0.15, -0.1) is 0 Å². The van der Waals surface area contributed by atoms with Gasteiger partial charge in [-0.3, -0.25) is 4.79 Å². The molecule has 0 aliphatic carbocycles. The fourth-order valence-corrected chi connectivity index (χ4v) is 3.22. The standard InChI is InChI=1S/C21H26N2O4/c1-12-8-13(2)19(14(3)9-12)15(4)22-23-21(24)16-10-17(25-5)20(27-7)18(11-16)26-6/h8-11H,1-7H3,(H,23,24)/b22-15-. The van der Waals surface area contributed by atoms with Crippen LogP contribution in [0.3, 0.4) is 0 Å². The molecule has 0 aliphatic rings. The van der Waals surface area contributed by atoms with Crippen LogP contribution >= 0.6 is 0 Å². The third kappa shape index (κ3) is 4.39. The molecule has 6 nitrogen and oxygen atoms in total. The first-order valence-corrected chi connectivity index (χ1v) is 8.55. The Hall–Kier alpha value is -3.02. The summed E-state index contributed by atoms with van der Waals surface area (Å²) in [7, 11) is 4.52. The van der Waals surface area contributed by atoms with Crippen molar-refractivity contribution in [3.05, 3.63) is 52.1 Å². The molecule has 1 N–H and O–H groups in total. The van der Waals surface area contributed by atoms with Crippen LogP contribution in [0.1, 0.15) is 39.5 Å². The number of methoxy groups -OCH3 is 3. The van der Waals surface area contributed by atoms with Crippen LogP contribution in [0.15, 0.2) is 29.4 Å². The van der Waals surface area contributed by atoms with Crippen molar-refractivity contribution in [3.8, 4) is 17.2 Å². The number of aryl methyl sites for hydroxylation is 3. The Balaban J connectivity index is 2.31. The topological polar surface area (TPSA) is 69.2 Å². The summed E-state index contributed by atoms with van der Waals surface area (Å²) >= 11 is 0. The number of nitrogens with one attached hydrogen (secondary N) is 1. The monoisotopic (exact) mass is 370 g/mol. The molecule has 2 aromatic carbocycles. The number of hydrogen-bond donors (Lipinski definition) is 1. The summed E-state index contributed by atoms with van der Waals surface area (Å²) in [5.41, 5.74) is 8.18. The van der Waals surface area contributed by atoms with Gasteiger partial charge in [-0.2, -0.15) is 5.10 Å². The predicted octanol–water partition coefficient (Wildman–Crippen LogP) is 3.79. The third-order valence-corrected chi connectivity index (χ3v) is 4.29. The summed E-state index contributed by atoms with van der Waals surface area (Å²) < 4.78 is 15.8. The van der Waals surface area contributed by atoms with E-state index in [4.69, 9.17) is 14.2 Å². The number of hydrogen-bond acceptors (Lipinski definition) is 5. The number of carbonyl (C=O) groups excluding carboxylic acids is 1. The number of amides is 1. The van der Waals surface area contributed by atoms with E-state index < -0.39 is 0 Å². The fourth-order valence-electron chi connectivity index (χ4n) is 3.22. The summed E-state index contributed by atoms with van der Waals surface area (Å²) in [6.07, 6.45) is 0. The Kier molecular flexibility index (Phi) is 6.45. The number of nitrogens with zero attached hydrogens (tertiary/aromatic N) is 1. The molecule has 0 aromatic heterocycles. The van der Waals surface area contributed by atoms with Gasteiger partial charge in [-0.25, -0.2) is 5.43 Å². The number of rotatable bonds is 6. The van der Waals surface area contributed by atoms with E-state index in [1.807, 2.05) is 20.8 Å². The normalized spacial score (nSPS) is 11.1. The highest BCUT2D eigenvalue weighted by atomic mass is 16.5. The molecule has 2 rings (SSSR count). The summed E-state index contributed by atoms with van der Waals surface area (Å²) in [5.74, 6) is 0.888. The zero-order chi connectivity index (χ0) is 20.1. The lowest BCUT2D eigenvalue weighted by Crippen LogP contribution is -2.20. The second-order valence-electron chi connectivity index (χ2n) is 6.33. The van der Waals surface area contributed by atoms with E-state index in [1.165, 1.54) is 26.9 Å². The second-order valence-corrected chi connectivity index (χ2v) is 6.33. The molecule has 27 heavy (non-hydrogen) atoms. The molecular formula is C21H26N2O4. The van der Waals surface area contributed by atoms with Gasteiger partial charge < -0.3 is 14.2 Å². The minimum atomic E-state index is -0.365. The molecule has 0 bridgehead atoms. The molecule has 0 unspecified atom stereocenters. The maximum atomic E-state index is 12.6. The molecular weight excluding hydrogens is 344 g/mol. The Morgan fingerprint density at radius 2 is 1.41 bits per heavy atom. The van der Waals surface area contributed by atoms with Crippen LogP contribution in [-0.4, -0.2) is 32.9 Å². The SMILES string of the molecule is COc1cc(C(=O)N/N=C(/C)c2c(C)cc(C)cc2C)cc(OC)c1OC. The third-order valence-electron chi connectivity index (χ3n) is 4.29. The molecule has 1 amide bonds. The summed E-state index contributed by atoms with van der Waals surface area (Å²) in [5, 5.41) is 4.28. The van der Waals surface area contributed by atoms with E-state index in [2.05, 4.69) is 29.6 Å². The van der Waals surface area contributed by atoms with Crippen molar-refractivity contribution in [2.24, 2.45) is 5.10 Å². The molecule has 0 radical (unpaired) electrons. The lowest BCUT2D eigenvalue weighted by molar-refractivity contribution is 0.0954. The largest absolute Gasteiger partial charge is 0.493 e. The highest BCUT2D eigenvalue weighted by Gasteiger charge is 2.17. The molecule has 0 saturated heterocycles. The van der Waals surface area contributed by atoms with E-state index in [1.54, 1.807) is 12.1 Å². The van der Waals surface area contributed by atoms with Crippen molar-refractivity contribution >= 4 is 11.6 Å². The van der Waals surface area contributed by atoms with Gasteiger partial charge >= 0.3 is 0 Å². The minimum absolute atomic E-state index is 0.360. The van der Waals surface area contributed by atoms with Gasteiger partial charge in [0.1, 0.15) is 0 Å². The molecule has 0 fully saturated rings. The van der Waals surface area contributed by atoms with Gasteiger partial charge in [0, 0.05) is 11.1 Å². The average Bonchev–Trinajstić information content (AvgIpc) is 2.63. The van der Waals surface area contributed by atoms with Crippen molar-refractivity contribution in [1.82, 2.24) is 5.43 Å². The molecule has 144 valence electrons. The Morgan fingerprint density at radius 1 is 0.889 bits per heavy atom. The van der Waals surface area contributed by atoms with E-state index in [-0.39, 0.29) is 5.91 Å². The highest BCUT2D eigenvalue weighted by Crippen LogP contribution is 2.38. The molecule has 0 heterocycles. The van der Waals surface area contributed by atoms with E-state index in [9.17, 15) is 4.79 Å². The zero-order valence-corrected chi connectivity index (χ0v) is 16.9. The van der Waals surface area contributed by atoms with Gasteiger partial charge in [-0.1, -0.05) is 17.7 Å². The van der Waals surface area contributed by atoms with Crippen molar-refractivity contribution < 1.29 is 19.0 Å². The number of benzene rings is 2. The maximum Gasteiger partial charge on any atom is 0.271 e. The first-order valence-electron chi connectivity index (χ1n) is 8.55. The van der Waals surface area contributed by atoms with Crippen molar-refractivity contribution in [1.29, 1.82) is 0 Å². The van der Waals surface area contributed by atoms with Crippen molar-refractivity contribution in [2.45, 2.75) is 27.7 Å². The molecule has 0 spiro atoms. The average molecular weight is 370 g/mol. The predicted molar refractivity (Wildman–Crippen MR) is 106 cm³/mol. The highest BCUT2D eigenvalue weighted by molar-refractivity contribution is 6.03. The molecule has 0 aliphatic heterocycles. The summed E-state index contributed by atoms with van der Waals surface area (Å²) in [4.78, 5) is 12.6. The van der Waals surface area contributed by atoms with E-state index >= 15 is 0 Å². The van der Waals surface area contributed by atoms with Crippen molar-refractivity contribution in [2.75, 3.05) is 21.3 Å². The zero-order valence-electron chi connectivity index (χ0n) is 16.9. The molecule has 0 atom stereocenters. The summed E-state index contributed by atoms with van der Waals surface area (Å²) in [6.45, 7) is 8.01. The van der Waals surface area contributed by atoms with Crippen LogP contribution in [0.2, 0.25) is 0 Å². The van der Waals surface area contributed by atoms with Gasteiger partial charge in [-0.05, 0) is 51.0 Å². The van der Waals surface area contributed by atoms with Gasteiger partial charge in [0.15, 0.2) is 11.5 Å². The van der Waals surface area contributed by atoms with Crippen LogP contribution in [0.4, 0.5) is 0 Å². The fraction of sp³-hybridized carbons (Fsp3) is 0.333. The molecule has 2 aromatic rings. The molecule has 0 saturated carbocycles. The second kappa shape index (κ2) is 8.58. The Morgan fingerprint density at radius 3 is 1.85 bits per heavy atom. The van der Waals surface area contributed by atoms with Gasteiger partial charge in [0.2, 0.25) is 5.75 Å². The van der Waals surface area contributed by atoms with Crippen LogP contribution in [-0.2, 0) is 0 Å². The number of carbonyl (C=O) groups is 1. The van der Waals surface area contributed by atoms with Gasteiger partial charge in [0.05, 0.1) is 27.0 Å². The van der Waals surface area contributed by atoms with Crippen LogP contribution in [0, 0.1) is 20.8 Å². The van der Waals surface area contributed by atoms with Crippen LogP contribution in [0.25, 0.3) is 0 Å². The lowest BCUT2D eigenvalue weighted by Gasteiger charge is -2.14. The maximum absolute atomic E-state index is 12.6. The minimum Gasteiger partial charge on any atom is -0.493 e. The smallest absolute Gasteiger partial charge is 0.271 e. The molecule has 6 heteroatoms. The lowest BCUT2D eigenvalue weighted by atomic mass is 9.97. The van der Waals surface area contributed by atoms with E-state index in [0.29, 0.717) is 22.8 Å². The van der Waals surface area contributed by atoms with Crippen LogP contribution < -0.4 is 19.6 Å². The Labute approximate surface area is 160 Å². The van der Waals surface area contributed by atoms with E-state index in [0.717, 1.165) is 22.4 Å². The first-order chi connectivity index (χ1) is 12.8. The quantitative estimate of drug-likeness (QED) is 0.620. The van der Waals surface area contributed by atoms with Gasteiger partial charge in [0.25, 0.3) is 5.91 Å². The van der Waals surface area contributed by atoms with Crippen LogP contribution in [0.5, 0.6) is 17.2 Å².